The van der Waals surface area contributed by atoms with Crippen LogP contribution in [0.2, 0.25) is 0 Å². The van der Waals surface area contributed by atoms with E-state index in [1.54, 1.807) is 17.6 Å². The Hall–Kier alpha value is 0.270. The summed E-state index contributed by atoms with van der Waals surface area (Å²) in [4.78, 5) is 10.3. The maximum Gasteiger partial charge on any atom is 0.180 e. The zero-order valence-corrected chi connectivity index (χ0v) is 7.54. The van der Waals surface area contributed by atoms with Crippen molar-refractivity contribution in [2.45, 2.75) is 0 Å². The molecule has 0 amide bonds. The molecular formula is C5H4BrClOS. The minimum Gasteiger partial charge on any atom is -0.291 e. The summed E-state index contributed by atoms with van der Waals surface area (Å²) in [5, 5.41) is 1.71. The van der Waals surface area contributed by atoms with Crippen molar-refractivity contribution in [3.63, 3.8) is 0 Å². The van der Waals surface area contributed by atoms with Crippen molar-refractivity contribution < 1.29 is 4.79 Å². The lowest BCUT2D eigenvalue weighted by atomic mass is 10.6. The summed E-state index contributed by atoms with van der Waals surface area (Å²) in [5.41, 5.74) is 0.776. The molecule has 1 nitrogen and oxygen atoms in total. The summed E-state index contributed by atoms with van der Waals surface area (Å²) in [6, 6.07) is 0. The first-order chi connectivity index (χ1) is 4.19. The Bertz CT molecular complexity index is 201. The first-order valence-corrected chi connectivity index (χ1v) is 5.59. The van der Waals surface area contributed by atoms with E-state index in [4.69, 9.17) is 10.7 Å². The van der Waals surface area contributed by atoms with Crippen molar-refractivity contribution in [1.29, 1.82) is 0 Å². The van der Waals surface area contributed by atoms with Crippen LogP contribution in [0.1, 0.15) is 0 Å². The average Bonchev–Trinajstić information content (AvgIpc) is 2.15. The van der Waals surface area contributed by atoms with E-state index in [1.165, 1.54) is 0 Å². The molecule has 0 aliphatic carbocycles. The first-order valence-electron chi connectivity index (χ1n) is 2.21. The van der Waals surface area contributed by atoms with Crippen LogP contribution >= 0.6 is 35.9 Å². The molecule has 0 fully saturated rings. The lowest BCUT2D eigenvalue weighted by molar-refractivity contribution is 0.570. The van der Waals surface area contributed by atoms with Crippen molar-refractivity contribution in [3.8, 4) is 0 Å². The molecule has 1 aliphatic heterocycles. The van der Waals surface area contributed by atoms with Gasteiger partial charge in [0, 0.05) is 0 Å². The van der Waals surface area contributed by atoms with E-state index in [0.29, 0.717) is 0 Å². The quantitative estimate of drug-likeness (QED) is 0.630. The number of allylic oxidation sites excluding steroid dienone is 2. The third kappa shape index (κ3) is 1.23. The van der Waals surface area contributed by atoms with Crippen LogP contribution in [0, 0.1) is 0 Å². The van der Waals surface area contributed by atoms with Crippen LogP contribution in [0.5, 0.6) is 0 Å². The highest BCUT2D eigenvalue weighted by Crippen LogP contribution is 2.63. The fourth-order valence-electron chi connectivity index (χ4n) is 0.477. The molecular weight excluding hydrogens is 223 g/mol. The predicted molar refractivity (Wildman–Crippen MR) is 46.3 cm³/mol. The SMILES string of the molecule is O=CS1(Cl)C=CC=C1Br. The van der Waals surface area contributed by atoms with E-state index in [2.05, 4.69) is 15.9 Å². The van der Waals surface area contributed by atoms with Gasteiger partial charge in [-0.05, 0) is 38.1 Å². The van der Waals surface area contributed by atoms with Gasteiger partial charge in [-0.15, -0.1) is 0 Å². The van der Waals surface area contributed by atoms with Crippen molar-refractivity contribution in [2.24, 2.45) is 0 Å². The zero-order valence-electron chi connectivity index (χ0n) is 4.38. The van der Waals surface area contributed by atoms with Gasteiger partial charge in [0.05, 0.1) is 3.81 Å². The largest absolute Gasteiger partial charge is 0.291 e. The van der Waals surface area contributed by atoms with Crippen LogP contribution in [0.15, 0.2) is 21.4 Å². The number of halogens is 2. The Kier molecular flexibility index (Phi) is 2.03. The summed E-state index contributed by atoms with van der Waals surface area (Å²) < 4.78 is 0.784. The van der Waals surface area contributed by atoms with E-state index >= 15 is 0 Å². The third-order valence-electron chi connectivity index (χ3n) is 0.943. The maximum atomic E-state index is 10.3. The molecule has 0 aromatic heterocycles. The topological polar surface area (TPSA) is 17.1 Å². The molecule has 50 valence electrons. The molecule has 9 heavy (non-hydrogen) atoms. The molecule has 0 radical (unpaired) electrons. The molecule has 1 heterocycles. The van der Waals surface area contributed by atoms with E-state index in [0.717, 1.165) is 9.43 Å². The summed E-state index contributed by atoms with van der Waals surface area (Å²) in [7, 11) is 4.09. The maximum absolute atomic E-state index is 10.3. The average molecular weight is 228 g/mol. The molecule has 1 atom stereocenters. The van der Waals surface area contributed by atoms with Crippen molar-refractivity contribution in [3.05, 3.63) is 21.4 Å². The van der Waals surface area contributed by atoms with Gasteiger partial charge >= 0.3 is 0 Å². The summed E-state index contributed by atoms with van der Waals surface area (Å²) >= 11 is 3.19. The Morgan fingerprint density at radius 2 is 2.44 bits per heavy atom. The van der Waals surface area contributed by atoms with Crippen LogP contribution in [-0.2, 0) is 4.79 Å². The van der Waals surface area contributed by atoms with E-state index in [-0.39, 0.29) is 0 Å². The normalized spacial score (nSPS) is 39.6. The molecule has 1 aliphatic rings. The van der Waals surface area contributed by atoms with Gasteiger partial charge in [0.2, 0.25) is 0 Å². The fraction of sp³-hybridized carbons (Fsp3) is 0. The Labute approximate surface area is 67.7 Å². The number of carbonyl (C=O) groups excluding carboxylic acids is 1. The third-order valence-corrected chi connectivity index (χ3v) is 5.97. The number of rotatable bonds is 1. The zero-order chi connectivity index (χ0) is 6.91. The molecule has 0 N–H and O–H groups in total. The van der Waals surface area contributed by atoms with Crippen molar-refractivity contribution in [2.75, 3.05) is 0 Å². The lowest BCUT2D eigenvalue weighted by Gasteiger charge is -2.15. The highest BCUT2D eigenvalue weighted by atomic mass is 79.9. The summed E-state index contributed by atoms with van der Waals surface area (Å²) in [6.07, 6.45) is 3.57. The molecule has 0 spiro atoms. The molecule has 0 aromatic carbocycles. The molecule has 1 unspecified atom stereocenters. The molecule has 4 heteroatoms. The smallest absolute Gasteiger partial charge is 0.180 e. The molecule has 0 aromatic rings. The standard InChI is InChI=1S/C5H4BrClOS/c6-5-2-1-3-9(5,7)4-8/h1-4H. The summed E-state index contributed by atoms with van der Waals surface area (Å²) in [5.74, 6) is 0. The van der Waals surface area contributed by atoms with Gasteiger partial charge in [0.1, 0.15) is 0 Å². The van der Waals surface area contributed by atoms with Gasteiger partial charge in [-0.1, -0.05) is 15.3 Å². The van der Waals surface area contributed by atoms with Crippen LogP contribution in [0.25, 0.3) is 0 Å². The van der Waals surface area contributed by atoms with Crippen LogP contribution in [-0.4, -0.2) is 5.62 Å². The second-order valence-corrected chi connectivity index (χ2v) is 6.59. The first kappa shape index (κ1) is 7.38. The fourth-order valence-corrected chi connectivity index (χ4v) is 2.39. The monoisotopic (exact) mass is 226 g/mol. The van der Waals surface area contributed by atoms with Gasteiger partial charge in [-0.3, -0.25) is 4.79 Å². The highest BCUT2D eigenvalue weighted by Gasteiger charge is 2.23. The van der Waals surface area contributed by atoms with Gasteiger partial charge in [0.25, 0.3) is 0 Å². The van der Waals surface area contributed by atoms with E-state index < -0.39 is 9.24 Å². The van der Waals surface area contributed by atoms with Crippen molar-refractivity contribution >= 4 is 41.5 Å². The van der Waals surface area contributed by atoms with Gasteiger partial charge in [-0.2, -0.15) is 0 Å². The van der Waals surface area contributed by atoms with E-state index in [9.17, 15) is 4.79 Å². The minimum atomic E-state index is -1.73. The number of carbonyl (C=O) groups is 1. The second-order valence-electron chi connectivity index (χ2n) is 1.52. The lowest BCUT2D eigenvalue weighted by Crippen LogP contribution is -1.81. The van der Waals surface area contributed by atoms with Crippen LogP contribution < -0.4 is 0 Å². The Morgan fingerprint density at radius 1 is 1.78 bits per heavy atom. The van der Waals surface area contributed by atoms with Gasteiger partial charge in [0.15, 0.2) is 5.62 Å². The Balaban J connectivity index is 2.95. The van der Waals surface area contributed by atoms with E-state index in [1.807, 2.05) is 0 Å². The minimum absolute atomic E-state index is 0.776. The van der Waals surface area contributed by atoms with Crippen LogP contribution in [0.3, 0.4) is 0 Å². The predicted octanol–water partition coefficient (Wildman–Crippen LogP) is 2.90. The van der Waals surface area contributed by atoms with Gasteiger partial charge < -0.3 is 0 Å². The highest BCUT2D eigenvalue weighted by molar-refractivity contribution is 9.16. The molecule has 0 saturated heterocycles. The molecule has 0 bridgehead atoms. The number of hydrogen-bond donors (Lipinski definition) is 0. The molecule has 0 saturated carbocycles. The van der Waals surface area contributed by atoms with Gasteiger partial charge in [-0.25, -0.2) is 0 Å². The molecule has 1 rings (SSSR count). The summed E-state index contributed by atoms with van der Waals surface area (Å²) in [6.45, 7) is 0. The second kappa shape index (κ2) is 2.48. The van der Waals surface area contributed by atoms with Crippen LogP contribution in [0.4, 0.5) is 0 Å². The number of hydrogen-bond acceptors (Lipinski definition) is 1. The Morgan fingerprint density at radius 3 is 2.67 bits per heavy atom. The van der Waals surface area contributed by atoms with Crippen molar-refractivity contribution in [1.82, 2.24) is 0 Å².